The first-order valence-electron chi connectivity index (χ1n) is 9.36. The second kappa shape index (κ2) is 7.51. The summed E-state index contributed by atoms with van der Waals surface area (Å²) in [4.78, 5) is 39.5. The molecule has 1 aromatic heterocycles. The number of carbonyl (C=O) groups excluding carboxylic acids is 2. The van der Waals surface area contributed by atoms with Gasteiger partial charge in [0.15, 0.2) is 11.4 Å². The van der Waals surface area contributed by atoms with Crippen molar-refractivity contribution in [3.05, 3.63) is 62.3 Å². The highest BCUT2D eigenvalue weighted by Crippen LogP contribution is 2.31. The van der Waals surface area contributed by atoms with E-state index >= 15 is 0 Å². The highest BCUT2D eigenvalue weighted by molar-refractivity contribution is 6.31. The summed E-state index contributed by atoms with van der Waals surface area (Å²) in [5, 5.41) is 13.1. The topological polar surface area (TPSA) is 91.6 Å². The van der Waals surface area contributed by atoms with Crippen LogP contribution in [0.15, 0.2) is 29.2 Å². The van der Waals surface area contributed by atoms with Gasteiger partial charge in [0.05, 0.1) is 6.04 Å². The Kier molecular flexibility index (Phi) is 5.04. The van der Waals surface area contributed by atoms with E-state index in [1.165, 1.54) is 18.3 Å². The Morgan fingerprint density at radius 3 is 2.86 bits per heavy atom. The number of hydrogen-bond donors (Lipinski definition) is 2. The summed E-state index contributed by atoms with van der Waals surface area (Å²) in [6.07, 6.45) is 3.90. The molecule has 152 valence electrons. The molecule has 2 bridgehead atoms. The fourth-order valence-electron chi connectivity index (χ4n) is 3.90. The van der Waals surface area contributed by atoms with Gasteiger partial charge in [0.2, 0.25) is 5.43 Å². The summed E-state index contributed by atoms with van der Waals surface area (Å²) >= 11 is 5.96. The average molecular weight is 420 g/mol. The van der Waals surface area contributed by atoms with E-state index in [1.54, 1.807) is 9.47 Å². The van der Waals surface area contributed by atoms with Crippen LogP contribution in [0.25, 0.3) is 0 Å². The molecule has 1 atom stereocenters. The monoisotopic (exact) mass is 419 g/mol. The first-order valence-corrected chi connectivity index (χ1v) is 9.74. The van der Waals surface area contributed by atoms with Gasteiger partial charge in [-0.25, -0.2) is 4.39 Å². The van der Waals surface area contributed by atoms with Crippen molar-refractivity contribution in [3.63, 3.8) is 0 Å². The lowest BCUT2D eigenvalue weighted by Crippen LogP contribution is -2.44. The van der Waals surface area contributed by atoms with Gasteiger partial charge in [-0.2, -0.15) is 0 Å². The lowest BCUT2D eigenvalue weighted by Gasteiger charge is -2.34. The molecule has 3 heterocycles. The van der Waals surface area contributed by atoms with Crippen molar-refractivity contribution < 1.29 is 19.1 Å². The molecule has 1 aromatic carbocycles. The molecule has 0 saturated carbocycles. The molecule has 9 heteroatoms. The first kappa shape index (κ1) is 19.4. The molecule has 0 radical (unpaired) electrons. The van der Waals surface area contributed by atoms with Crippen LogP contribution >= 0.6 is 11.6 Å². The van der Waals surface area contributed by atoms with Crippen LogP contribution in [0.4, 0.5) is 4.39 Å². The van der Waals surface area contributed by atoms with E-state index in [9.17, 15) is 23.9 Å². The van der Waals surface area contributed by atoms with E-state index < -0.39 is 28.8 Å². The smallest absolute Gasteiger partial charge is 0.274 e. The van der Waals surface area contributed by atoms with Crippen molar-refractivity contribution in [2.24, 2.45) is 0 Å². The maximum Gasteiger partial charge on any atom is 0.274 e. The van der Waals surface area contributed by atoms with Gasteiger partial charge in [0, 0.05) is 30.9 Å². The largest absolute Gasteiger partial charge is 0.503 e. The highest BCUT2D eigenvalue weighted by Gasteiger charge is 2.36. The van der Waals surface area contributed by atoms with Crippen LogP contribution in [-0.2, 0) is 6.54 Å². The third kappa shape index (κ3) is 3.48. The van der Waals surface area contributed by atoms with Gasteiger partial charge in [-0.05, 0) is 37.0 Å². The summed E-state index contributed by atoms with van der Waals surface area (Å²) in [6.45, 7) is 1.06. The molecule has 1 saturated heterocycles. The summed E-state index contributed by atoms with van der Waals surface area (Å²) < 4.78 is 14.7. The molecule has 2 aliphatic heterocycles. The van der Waals surface area contributed by atoms with Gasteiger partial charge in [-0.3, -0.25) is 14.4 Å². The zero-order valence-electron chi connectivity index (χ0n) is 15.5. The number of pyridine rings is 1. The number of nitrogens with one attached hydrogen (secondary N) is 1. The van der Waals surface area contributed by atoms with E-state index in [2.05, 4.69) is 5.32 Å². The highest BCUT2D eigenvalue weighted by atomic mass is 35.5. The molecular formula is C20H19ClFN3O4. The van der Waals surface area contributed by atoms with Crippen molar-refractivity contribution >= 4 is 23.4 Å². The molecule has 0 spiro atoms. The Balaban J connectivity index is 1.66. The van der Waals surface area contributed by atoms with Gasteiger partial charge < -0.3 is 19.9 Å². The Morgan fingerprint density at radius 1 is 1.31 bits per heavy atom. The second-order valence-electron chi connectivity index (χ2n) is 7.30. The summed E-state index contributed by atoms with van der Waals surface area (Å²) in [6, 6.07) is 3.69. The SMILES string of the molecule is O=C(NCc1ccc(F)cc1Cl)c1cn2c(c(O)c1=O)C(=O)N1CCCCC2C1. The minimum absolute atomic E-state index is 0.0178. The zero-order chi connectivity index (χ0) is 20.7. The van der Waals surface area contributed by atoms with Crippen LogP contribution in [0.5, 0.6) is 5.75 Å². The number of aromatic nitrogens is 1. The van der Waals surface area contributed by atoms with E-state index in [0.29, 0.717) is 18.7 Å². The molecule has 0 aliphatic carbocycles. The Morgan fingerprint density at radius 2 is 2.10 bits per heavy atom. The van der Waals surface area contributed by atoms with Gasteiger partial charge in [0.1, 0.15) is 11.4 Å². The van der Waals surface area contributed by atoms with E-state index in [1.807, 2.05) is 0 Å². The number of fused-ring (bicyclic) bond motifs is 4. The standard InChI is InChI=1S/C20H19ClFN3O4/c21-15-7-12(22)5-4-11(15)8-23-19(28)14-10-25-13-3-1-2-6-24(9-13)20(29)16(25)18(27)17(14)26/h4-5,7,10,13,27H,1-3,6,8-9H2,(H,23,28). The number of amides is 2. The van der Waals surface area contributed by atoms with Crippen molar-refractivity contribution in [2.75, 3.05) is 13.1 Å². The molecule has 7 nitrogen and oxygen atoms in total. The fraction of sp³-hybridized carbons (Fsp3) is 0.350. The van der Waals surface area contributed by atoms with Crippen LogP contribution in [0.3, 0.4) is 0 Å². The molecule has 4 rings (SSSR count). The van der Waals surface area contributed by atoms with Gasteiger partial charge in [-0.15, -0.1) is 0 Å². The normalized spacial score (nSPS) is 18.2. The molecule has 1 unspecified atom stereocenters. The fourth-order valence-corrected chi connectivity index (χ4v) is 4.13. The van der Waals surface area contributed by atoms with Crippen molar-refractivity contribution in [1.29, 1.82) is 0 Å². The van der Waals surface area contributed by atoms with Crippen LogP contribution in [0.1, 0.15) is 51.7 Å². The number of benzene rings is 1. The Bertz CT molecular complexity index is 1070. The predicted octanol–water partition coefficient (Wildman–Crippen LogP) is 2.46. The lowest BCUT2D eigenvalue weighted by atomic mass is 10.1. The minimum Gasteiger partial charge on any atom is -0.503 e. The Labute approximate surface area is 170 Å². The van der Waals surface area contributed by atoms with Gasteiger partial charge in [0.25, 0.3) is 11.8 Å². The maximum atomic E-state index is 13.2. The third-order valence-electron chi connectivity index (χ3n) is 5.44. The molecule has 29 heavy (non-hydrogen) atoms. The summed E-state index contributed by atoms with van der Waals surface area (Å²) in [5.41, 5.74) is -0.730. The van der Waals surface area contributed by atoms with Crippen LogP contribution < -0.4 is 10.7 Å². The van der Waals surface area contributed by atoms with Crippen LogP contribution in [0, 0.1) is 5.82 Å². The summed E-state index contributed by atoms with van der Waals surface area (Å²) in [5.74, 6) is -2.31. The van der Waals surface area contributed by atoms with Crippen LogP contribution in [0.2, 0.25) is 5.02 Å². The zero-order valence-corrected chi connectivity index (χ0v) is 16.2. The van der Waals surface area contributed by atoms with Crippen LogP contribution in [-0.4, -0.2) is 39.5 Å². The third-order valence-corrected chi connectivity index (χ3v) is 5.79. The molecule has 2 amide bonds. The van der Waals surface area contributed by atoms with E-state index in [-0.39, 0.29) is 28.9 Å². The molecule has 2 N–H and O–H groups in total. The second-order valence-corrected chi connectivity index (χ2v) is 7.70. The van der Waals surface area contributed by atoms with E-state index in [4.69, 9.17) is 11.6 Å². The lowest BCUT2D eigenvalue weighted by molar-refractivity contribution is 0.0677. The van der Waals surface area contributed by atoms with Gasteiger partial charge >= 0.3 is 0 Å². The van der Waals surface area contributed by atoms with Crippen molar-refractivity contribution in [3.8, 4) is 5.75 Å². The molecule has 2 aromatic rings. The van der Waals surface area contributed by atoms with Crippen molar-refractivity contribution in [1.82, 2.24) is 14.8 Å². The van der Waals surface area contributed by atoms with E-state index in [0.717, 1.165) is 25.3 Å². The predicted molar refractivity (Wildman–Crippen MR) is 104 cm³/mol. The first-order chi connectivity index (χ1) is 13.9. The molecule has 2 aliphatic rings. The number of nitrogens with zero attached hydrogens (tertiary/aromatic N) is 2. The number of rotatable bonds is 3. The minimum atomic E-state index is -0.896. The maximum absolute atomic E-state index is 13.2. The molecular weight excluding hydrogens is 401 g/mol. The molecule has 1 fully saturated rings. The average Bonchev–Trinajstić information content (AvgIpc) is 2.91. The number of carbonyl (C=O) groups is 2. The number of halogens is 2. The number of aromatic hydroxyl groups is 1. The summed E-state index contributed by atoms with van der Waals surface area (Å²) in [7, 11) is 0. The number of hydrogen-bond acceptors (Lipinski definition) is 4. The van der Waals surface area contributed by atoms with Gasteiger partial charge in [-0.1, -0.05) is 17.7 Å². The Hall–Kier alpha value is -2.87. The quantitative estimate of drug-likeness (QED) is 0.799. The van der Waals surface area contributed by atoms with Crippen molar-refractivity contribution in [2.45, 2.75) is 31.8 Å².